The fourth-order valence-electron chi connectivity index (χ4n) is 2.09. The predicted molar refractivity (Wildman–Crippen MR) is 79.1 cm³/mol. The zero-order valence-corrected chi connectivity index (χ0v) is 13.3. The first-order chi connectivity index (χ1) is 7.33. The summed E-state index contributed by atoms with van der Waals surface area (Å²) in [4.78, 5) is 5.00. The maximum Gasteiger partial charge on any atom is 0.296 e. The van der Waals surface area contributed by atoms with E-state index in [-0.39, 0.29) is 16.6 Å². The van der Waals surface area contributed by atoms with Gasteiger partial charge in [-0.15, -0.1) is 0 Å². The topological polar surface area (TPSA) is 9.72 Å². The van der Waals surface area contributed by atoms with Crippen molar-refractivity contribution in [2.75, 3.05) is 0 Å². The molecular formula is C12H29B2N3. The molecular weight excluding hydrogens is 208 g/mol. The molecule has 1 fully saturated rings. The highest BCUT2D eigenvalue weighted by atomic mass is 15.7. The van der Waals surface area contributed by atoms with Gasteiger partial charge in [-0.25, -0.2) is 0 Å². The Bertz CT molecular complexity index is 251. The minimum Gasteiger partial charge on any atom is -0.356 e. The molecule has 0 aromatic carbocycles. The smallest absolute Gasteiger partial charge is 0.296 e. The highest BCUT2D eigenvalue weighted by molar-refractivity contribution is 6.52. The van der Waals surface area contributed by atoms with E-state index < -0.39 is 0 Å². The summed E-state index contributed by atoms with van der Waals surface area (Å²) in [5.74, 6) is 0. The summed E-state index contributed by atoms with van der Waals surface area (Å²) in [6.45, 7) is 20.6. The van der Waals surface area contributed by atoms with Gasteiger partial charge in [0.25, 0.3) is 15.1 Å². The molecule has 1 heterocycles. The minimum absolute atomic E-state index is 0.174. The fraction of sp³-hybridized carbons (Fsp3) is 1.00. The lowest BCUT2D eigenvalue weighted by molar-refractivity contribution is 0.00881. The second kappa shape index (κ2) is 4.29. The molecule has 0 atom stereocenters. The molecule has 0 aromatic heterocycles. The molecule has 0 aliphatic carbocycles. The van der Waals surface area contributed by atoms with Gasteiger partial charge in [0, 0.05) is 11.1 Å². The van der Waals surface area contributed by atoms with Crippen molar-refractivity contribution < 1.29 is 0 Å². The second-order valence-corrected chi connectivity index (χ2v) is 8.13. The average Bonchev–Trinajstić information content (AvgIpc) is 2.42. The van der Waals surface area contributed by atoms with Crippen LogP contribution in [0.2, 0.25) is 0 Å². The van der Waals surface area contributed by atoms with Crippen molar-refractivity contribution in [3.05, 3.63) is 0 Å². The van der Waals surface area contributed by atoms with Gasteiger partial charge in [-0.05, 0) is 67.9 Å². The Kier molecular flexibility index (Phi) is 3.80. The number of hydrazine groups is 1. The van der Waals surface area contributed by atoms with E-state index in [0.717, 1.165) is 15.1 Å². The van der Waals surface area contributed by atoms with Crippen molar-refractivity contribution in [1.29, 1.82) is 0 Å². The van der Waals surface area contributed by atoms with E-state index in [9.17, 15) is 0 Å². The van der Waals surface area contributed by atoms with Crippen LogP contribution in [0.25, 0.3) is 0 Å². The molecule has 0 N–H and O–H groups in total. The van der Waals surface area contributed by atoms with E-state index in [1.165, 1.54) is 0 Å². The second-order valence-electron chi connectivity index (χ2n) is 8.13. The van der Waals surface area contributed by atoms with Crippen molar-refractivity contribution in [3.8, 4) is 0 Å². The maximum atomic E-state index is 2.53. The Balaban J connectivity index is 2.96. The Labute approximate surface area is 109 Å². The van der Waals surface area contributed by atoms with Crippen LogP contribution in [0.15, 0.2) is 0 Å². The number of hydrogen-bond donors (Lipinski definition) is 0. The third-order valence-corrected chi connectivity index (χ3v) is 3.40. The molecule has 17 heavy (non-hydrogen) atoms. The average molecular weight is 237 g/mol. The zero-order valence-electron chi connectivity index (χ0n) is 13.3. The molecule has 0 saturated carbocycles. The molecule has 1 aliphatic heterocycles. The lowest BCUT2D eigenvalue weighted by atomic mass is 9.85. The lowest BCUT2D eigenvalue weighted by Crippen LogP contribution is -2.57. The van der Waals surface area contributed by atoms with Crippen molar-refractivity contribution in [2.45, 2.75) is 78.9 Å². The van der Waals surface area contributed by atoms with Gasteiger partial charge >= 0.3 is 0 Å². The predicted octanol–water partition coefficient (Wildman–Crippen LogP) is 1.75. The van der Waals surface area contributed by atoms with E-state index in [0.29, 0.717) is 0 Å². The van der Waals surface area contributed by atoms with Crippen LogP contribution in [0.3, 0.4) is 0 Å². The molecule has 5 heteroatoms. The number of rotatable bonds is 0. The van der Waals surface area contributed by atoms with Gasteiger partial charge in [-0.3, -0.25) is 9.84 Å². The highest BCUT2D eigenvalue weighted by Crippen LogP contribution is 2.29. The van der Waals surface area contributed by atoms with Crippen LogP contribution in [0.1, 0.15) is 62.3 Å². The van der Waals surface area contributed by atoms with E-state index in [1.54, 1.807) is 0 Å². The van der Waals surface area contributed by atoms with Crippen molar-refractivity contribution >= 4 is 15.1 Å². The van der Waals surface area contributed by atoms with Gasteiger partial charge in [-0.1, -0.05) is 0 Å². The fourth-order valence-corrected chi connectivity index (χ4v) is 2.09. The summed E-state index contributed by atoms with van der Waals surface area (Å²) < 4.78 is 2.53. The van der Waals surface area contributed by atoms with Gasteiger partial charge in [-0.2, -0.15) is 0 Å². The molecule has 1 aliphatic rings. The van der Waals surface area contributed by atoms with E-state index in [1.807, 2.05) is 0 Å². The first-order valence-electron chi connectivity index (χ1n) is 6.64. The molecule has 1 saturated heterocycles. The Morgan fingerprint density at radius 2 is 0.824 bits per heavy atom. The Morgan fingerprint density at radius 3 is 1.00 bits per heavy atom. The van der Waals surface area contributed by atoms with Gasteiger partial charge in [0.1, 0.15) is 0 Å². The van der Waals surface area contributed by atoms with Crippen LogP contribution in [0.5, 0.6) is 0 Å². The summed E-state index contributed by atoms with van der Waals surface area (Å²) in [5, 5.41) is 0. The van der Waals surface area contributed by atoms with Crippen LogP contribution in [0, 0.1) is 0 Å². The van der Waals surface area contributed by atoms with Crippen LogP contribution >= 0.6 is 0 Å². The Hall–Kier alpha value is 0.00987. The van der Waals surface area contributed by atoms with Crippen molar-refractivity contribution in [3.63, 3.8) is 0 Å². The van der Waals surface area contributed by atoms with Crippen LogP contribution in [-0.4, -0.2) is 46.3 Å². The molecule has 0 aromatic rings. The maximum absolute atomic E-state index is 2.53. The number of hydrogen-bond acceptors (Lipinski definition) is 3. The molecule has 98 valence electrons. The quantitative estimate of drug-likeness (QED) is 0.594. The summed E-state index contributed by atoms with van der Waals surface area (Å²) in [6, 6.07) is 0. The van der Waals surface area contributed by atoms with Gasteiger partial charge in [0.2, 0.25) is 0 Å². The largest absolute Gasteiger partial charge is 0.356 e. The summed E-state index contributed by atoms with van der Waals surface area (Å²) in [5.41, 5.74) is 0.573. The minimum atomic E-state index is 0.174. The molecule has 0 unspecified atom stereocenters. The van der Waals surface area contributed by atoms with Gasteiger partial charge in [0.15, 0.2) is 0 Å². The highest BCUT2D eigenvalue weighted by Gasteiger charge is 2.45. The molecule has 0 bridgehead atoms. The molecule has 0 spiro atoms. The third kappa shape index (κ3) is 3.49. The van der Waals surface area contributed by atoms with E-state index >= 15 is 0 Å². The van der Waals surface area contributed by atoms with Crippen LogP contribution in [0.4, 0.5) is 0 Å². The first-order valence-corrected chi connectivity index (χ1v) is 6.64. The molecule has 3 nitrogen and oxygen atoms in total. The number of nitrogens with zero attached hydrogens (tertiary/aromatic N) is 3. The van der Waals surface area contributed by atoms with Gasteiger partial charge < -0.3 is 4.72 Å². The molecule has 1 rings (SSSR count). The van der Waals surface area contributed by atoms with Crippen LogP contribution < -0.4 is 0 Å². The van der Waals surface area contributed by atoms with Crippen LogP contribution in [-0.2, 0) is 0 Å². The first kappa shape index (κ1) is 15.1. The monoisotopic (exact) mass is 237 g/mol. The standard InChI is InChI=1S/C12H29B2N3/c1-10(2,3)15-13-16(11(4,5)6)17(14-15)12(7,8)9/h13-14H,1-9H3. The summed E-state index contributed by atoms with van der Waals surface area (Å²) in [6.07, 6.45) is 0. The molecule has 0 radical (unpaired) electrons. The molecule has 0 amide bonds. The summed E-state index contributed by atoms with van der Waals surface area (Å²) in [7, 11) is 2.04. The zero-order chi connectivity index (χ0) is 13.6. The van der Waals surface area contributed by atoms with Crippen molar-refractivity contribution in [2.24, 2.45) is 0 Å². The summed E-state index contributed by atoms with van der Waals surface area (Å²) >= 11 is 0. The van der Waals surface area contributed by atoms with E-state index in [4.69, 9.17) is 0 Å². The normalized spacial score (nSPS) is 21.5. The van der Waals surface area contributed by atoms with Gasteiger partial charge in [0.05, 0.1) is 0 Å². The third-order valence-electron chi connectivity index (χ3n) is 3.40. The Morgan fingerprint density at radius 1 is 0.529 bits per heavy atom. The van der Waals surface area contributed by atoms with E-state index in [2.05, 4.69) is 76.9 Å². The lowest BCUT2D eigenvalue weighted by Gasteiger charge is -2.45. The van der Waals surface area contributed by atoms with Crippen molar-refractivity contribution in [1.82, 2.24) is 14.6 Å². The SMILES string of the molecule is CC(C)(C)N1BN(C(C)(C)C)N(C(C)(C)C)B1.